The monoisotopic (exact) mass is 341 g/mol. The van der Waals surface area contributed by atoms with Crippen LogP contribution in [0, 0.1) is 5.92 Å². The van der Waals surface area contributed by atoms with E-state index in [1.54, 1.807) is 0 Å². The molecule has 120 valence electrons. The van der Waals surface area contributed by atoms with Crippen molar-refractivity contribution in [2.75, 3.05) is 25.0 Å². The highest BCUT2D eigenvalue weighted by Gasteiger charge is 2.21. The number of anilines is 1. The lowest BCUT2D eigenvalue weighted by molar-refractivity contribution is -0.120. The van der Waals surface area contributed by atoms with E-state index in [1.807, 2.05) is 25.1 Å². The summed E-state index contributed by atoms with van der Waals surface area (Å²) < 4.78 is 6.51. The molecular formula is C15H20ClN3O2S. The maximum atomic E-state index is 12.2. The first kappa shape index (κ1) is 17.0. The molecule has 5 nitrogen and oxygen atoms in total. The van der Waals surface area contributed by atoms with Crippen molar-refractivity contribution in [3.8, 4) is 5.75 Å². The Morgan fingerprint density at radius 2 is 2.41 bits per heavy atom. The van der Waals surface area contributed by atoms with E-state index in [-0.39, 0.29) is 24.2 Å². The number of halogens is 1. The van der Waals surface area contributed by atoms with Gasteiger partial charge in [-0.05, 0) is 44.5 Å². The van der Waals surface area contributed by atoms with Crippen LogP contribution in [-0.4, -0.2) is 30.6 Å². The van der Waals surface area contributed by atoms with E-state index in [2.05, 4.69) is 15.6 Å². The Morgan fingerprint density at radius 1 is 1.55 bits per heavy atom. The second kappa shape index (κ2) is 7.76. The zero-order chi connectivity index (χ0) is 14.7. The number of hydrogen-bond donors (Lipinski definition) is 2. The van der Waals surface area contributed by atoms with Gasteiger partial charge >= 0.3 is 0 Å². The van der Waals surface area contributed by atoms with Crippen molar-refractivity contribution >= 4 is 45.0 Å². The number of piperidine rings is 1. The molecule has 1 aromatic carbocycles. The number of aromatic nitrogens is 1. The summed E-state index contributed by atoms with van der Waals surface area (Å²) in [6.07, 6.45) is 1.99. The topological polar surface area (TPSA) is 63.2 Å². The van der Waals surface area contributed by atoms with Gasteiger partial charge in [0.2, 0.25) is 5.91 Å². The van der Waals surface area contributed by atoms with Crippen molar-refractivity contribution in [2.45, 2.75) is 19.8 Å². The number of carbonyl (C=O) groups is 1. The molecule has 2 heterocycles. The zero-order valence-corrected chi connectivity index (χ0v) is 14.1. The molecule has 1 unspecified atom stereocenters. The van der Waals surface area contributed by atoms with Gasteiger partial charge in [-0.15, -0.1) is 12.4 Å². The van der Waals surface area contributed by atoms with Crippen LogP contribution in [0.15, 0.2) is 18.2 Å². The molecule has 0 saturated carbocycles. The van der Waals surface area contributed by atoms with Crippen molar-refractivity contribution in [2.24, 2.45) is 5.92 Å². The number of fused-ring (bicyclic) bond motifs is 1. The van der Waals surface area contributed by atoms with Crippen molar-refractivity contribution in [1.29, 1.82) is 0 Å². The Morgan fingerprint density at radius 3 is 3.14 bits per heavy atom. The summed E-state index contributed by atoms with van der Waals surface area (Å²) in [6, 6.07) is 5.80. The lowest BCUT2D eigenvalue weighted by atomic mass is 9.99. The number of nitrogens with one attached hydrogen (secondary N) is 2. The Labute approximate surface area is 139 Å². The highest BCUT2D eigenvalue weighted by atomic mass is 35.5. The van der Waals surface area contributed by atoms with E-state index in [0.717, 1.165) is 41.9 Å². The molecule has 2 aromatic rings. The van der Waals surface area contributed by atoms with Gasteiger partial charge in [0.05, 0.1) is 22.7 Å². The van der Waals surface area contributed by atoms with Crippen LogP contribution in [-0.2, 0) is 4.79 Å². The van der Waals surface area contributed by atoms with Gasteiger partial charge in [0.1, 0.15) is 5.75 Å². The number of amides is 1. The molecule has 2 N–H and O–H groups in total. The summed E-state index contributed by atoms with van der Waals surface area (Å²) in [4.78, 5) is 16.7. The fraction of sp³-hybridized carbons (Fsp3) is 0.467. The minimum Gasteiger partial charge on any atom is -0.494 e. The van der Waals surface area contributed by atoms with E-state index in [1.165, 1.54) is 11.3 Å². The highest BCUT2D eigenvalue weighted by molar-refractivity contribution is 7.22. The fourth-order valence-corrected chi connectivity index (χ4v) is 3.40. The van der Waals surface area contributed by atoms with E-state index in [9.17, 15) is 4.79 Å². The van der Waals surface area contributed by atoms with E-state index >= 15 is 0 Å². The van der Waals surface area contributed by atoms with Crippen molar-refractivity contribution in [1.82, 2.24) is 10.3 Å². The van der Waals surface area contributed by atoms with Crippen LogP contribution >= 0.6 is 23.7 Å². The van der Waals surface area contributed by atoms with Crippen molar-refractivity contribution < 1.29 is 9.53 Å². The molecular weight excluding hydrogens is 322 g/mol. The summed E-state index contributed by atoms with van der Waals surface area (Å²) in [6.45, 7) is 4.36. The Hall–Kier alpha value is -1.37. The molecule has 0 bridgehead atoms. The summed E-state index contributed by atoms with van der Waals surface area (Å²) in [5, 5.41) is 6.86. The third-order valence-corrected chi connectivity index (χ3v) is 4.50. The predicted octanol–water partition coefficient (Wildman–Crippen LogP) is 3.05. The lowest BCUT2D eigenvalue weighted by Crippen LogP contribution is -2.37. The van der Waals surface area contributed by atoms with Gasteiger partial charge in [0.15, 0.2) is 5.13 Å². The molecule has 1 fully saturated rings. The molecule has 0 radical (unpaired) electrons. The third-order valence-electron chi connectivity index (χ3n) is 3.57. The first-order valence-electron chi connectivity index (χ1n) is 7.31. The summed E-state index contributed by atoms with van der Waals surface area (Å²) in [5.41, 5.74) is 0.889. The van der Waals surface area contributed by atoms with Crippen LogP contribution in [0.5, 0.6) is 5.75 Å². The molecule has 1 aliphatic rings. The Balaban J connectivity index is 0.00000176. The number of carbonyl (C=O) groups excluding carboxylic acids is 1. The van der Waals surface area contributed by atoms with Crippen molar-refractivity contribution in [3.05, 3.63) is 18.2 Å². The second-order valence-electron chi connectivity index (χ2n) is 5.11. The van der Waals surface area contributed by atoms with Gasteiger partial charge in [-0.3, -0.25) is 4.79 Å². The van der Waals surface area contributed by atoms with Gasteiger partial charge in [-0.25, -0.2) is 4.98 Å². The van der Waals surface area contributed by atoms with Gasteiger partial charge in [0, 0.05) is 6.54 Å². The average Bonchev–Trinajstić information content (AvgIpc) is 2.90. The molecule has 0 aliphatic carbocycles. The molecule has 22 heavy (non-hydrogen) atoms. The minimum absolute atomic E-state index is 0. The molecule has 3 rings (SSSR count). The molecule has 1 saturated heterocycles. The largest absolute Gasteiger partial charge is 0.494 e. The van der Waals surface area contributed by atoms with Crippen LogP contribution in [0.2, 0.25) is 0 Å². The van der Waals surface area contributed by atoms with Crippen LogP contribution < -0.4 is 15.4 Å². The minimum atomic E-state index is 0. The fourth-order valence-electron chi connectivity index (χ4n) is 2.50. The van der Waals surface area contributed by atoms with Crippen molar-refractivity contribution in [3.63, 3.8) is 0 Å². The van der Waals surface area contributed by atoms with Crippen LogP contribution in [0.25, 0.3) is 10.2 Å². The molecule has 1 aromatic heterocycles. The number of rotatable bonds is 4. The van der Waals surface area contributed by atoms with Gasteiger partial charge in [-0.2, -0.15) is 0 Å². The lowest BCUT2D eigenvalue weighted by Gasteiger charge is -2.21. The number of thiazole rings is 1. The molecule has 1 amide bonds. The molecule has 0 spiro atoms. The SMILES string of the molecule is CCOc1ccc2nc(NC(=O)C3CCCNC3)sc2c1.Cl. The maximum absolute atomic E-state index is 12.2. The second-order valence-corrected chi connectivity index (χ2v) is 6.14. The summed E-state index contributed by atoms with van der Waals surface area (Å²) >= 11 is 1.49. The average molecular weight is 342 g/mol. The van der Waals surface area contributed by atoms with Gasteiger partial charge < -0.3 is 15.4 Å². The first-order valence-corrected chi connectivity index (χ1v) is 8.13. The Bertz CT molecular complexity index is 641. The molecule has 7 heteroatoms. The number of benzene rings is 1. The quantitative estimate of drug-likeness (QED) is 0.897. The van der Waals surface area contributed by atoms with E-state index in [4.69, 9.17) is 4.74 Å². The van der Waals surface area contributed by atoms with E-state index < -0.39 is 0 Å². The van der Waals surface area contributed by atoms with Crippen LogP contribution in [0.1, 0.15) is 19.8 Å². The number of nitrogens with zero attached hydrogens (tertiary/aromatic N) is 1. The molecule has 1 aliphatic heterocycles. The Kier molecular flexibility index (Phi) is 5.99. The zero-order valence-electron chi connectivity index (χ0n) is 12.4. The maximum Gasteiger partial charge on any atom is 0.230 e. The van der Waals surface area contributed by atoms with E-state index in [0.29, 0.717) is 11.7 Å². The van der Waals surface area contributed by atoms with Crippen LogP contribution in [0.3, 0.4) is 0 Å². The summed E-state index contributed by atoms with van der Waals surface area (Å²) in [5.74, 6) is 0.944. The predicted molar refractivity (Wildman–Crippen MR) is 92.3 cm³/mol. The highest BCUT2D eigenvalue weighted by Crippen LogP contribution is 2.29. The van der Waals surface area contributed by atoms with Gasteiger partial charge in [-0.1, -0.05) is 11.3 Å². The smallest absolute Gasteiger partial charge is 0.230 e. The standard InChI is InChI=1S/C15H19N3O2S.ClH/c1-2-20-11-5-6-12-13(8-11)21-15(17-12)18-14(19)10-4-3-7-16-9-10;/h5-6,8,10,16H,2-4,7,9H2,1H3,(H,17,18,19);1H. The third kappa shape index (κ3) is 3.88. The normalized spacial score (nSPS) is 17.8. The number of ether oxygens (including phenoxy) is 1. The van der Waals surface area contributed by atoms with Crippen LogP contribution in [0.4, 0.5) is 5.13 Å². The number of hydrogen-bond acceptors (Lipinski definition) is 5. The van der Waals surface area contributed by atoms with Gasteiger partial charge in [0.25, 0.3) is 0 Å². The first-order chi connectivity index (χ1) is 10.3. The molecule has 1 atom stereocenters. The summed E-state index contributed by atoms with van der Waals surface area (Å²) in [7, 11) is 0.